The summed E-state index contributed by atoms with van der Waals surface area (Å²) in [7, 11) is 1.93. The third-order valence-corrected chi connectivity index (χ3v) is 7.04. The number of rotatable bonds is 6. The zero-order chi connectivity index (χ0) is 47.4. The first-order valence-electron chi connectivity index (χ1n) is 15.5. The fourth-order valence-electron chi connectivity index (χ4n) is 4.32. The number of nitro benzene ring substituents is 2. The van der Waals surface area contributed by atoms with Crippen molar-refractivity contribution in [2.75, 3.05) is 25.7 Å². The van der Waals surface area contributed by atoms with E-state index in [1.807, 2.05) is 0 Å². The van der Waals surface area contributed by atoms with E-state index < -0.39 is 109 Å². The molecule has 332 valence electrons. The van der Waals surface area contributed by atoms with Gasteiger partial charge in [-0.05, 0) is 48.0 Å². The summed E-state index contributed by atoms with van der Waals surface area (Å²) in [5, 5.41) is 37.7. The SMILES string of the molecule is COC(=O)c1ccc(N)cc1C(F)(F)F.COC(=O)c1ccc([N+](=O)[O-])cc1C(F)(F)F.Nc1ccc(CO)c(C(F)(F)F)c1.O=C(O)c1ccc([N+](=O)[O-])cc1C(F)(F)F. The predicted octanol–water partition coefficient (Wildman–Crippen LogP) is 8.57. The first kappa shape index (κ1) is 51.8. The first-order valence-corrected chi connectivity index (χ1v) is 15.5. The predicted molar refractivity (Wildman–Crippen MR) is 183 cm³/mol. The second-order valence-electron chi connectivity index (χ2n) is 11.1. The molecule has 61 heavy (non-hydrogen) atoms. The Kier molecular flexibility index (Phi) is 17.6. The van der Waals surface area contributed by atoms with Gasteiger partial charge in [0.25, 0.3) is 11.4 Å². The summed E-state index contributed by atoms with van der Waals surface area (Å²) < 4.78 is 157. The highest BCUT2D eigenvalue weighted by molar-refractivity contribution is 5.92. The number of halogens is 12. The van der Waals surface area contributed by atoms with Crippen molar-refractivity contribution in [2.24, 2.45) is 0 Å². The van der Waals surface area contributed by atoms with Crippen LogP contribution in [0.2, 0.25) is 0 Å². The fourth-order valence-corrected chi connectivity index (χ4v) is 4.32. The van der Waals surface area contributed by atoms with Gasteiger partial charge in [-0.2, -0.15) is 52.7 Å². The van der Waals surface area contributed by atoms with Gasteiger partial charge >= 0.3 is 42.6 Å². The van der Waals surface area contributed by atoms with Gasteiger partial charge in [-0.25, -0.2) is 14.4 Å². The number of hydrogen-bond donors (Lipinski definition) is 4. The lowest BCUT2D eigenvalue weighted by atomic mass is 10.1. The Balaban J connectivity index is 0.000000408. The van der Waals surface area contributed by atoms with Crippen molar-refractivity contribution in [1.29, 1.82) is 0 Å². The van der Waals surface area contributed by atoms with E-state index in [-0.39, 0.29) is 23.0 Å². The number of carboxylic acids is 1. The summed E-state index contributed by atoms with van der Waals surface area (Å²) in [5.41, 5.74) is 1.46. The minimum atomic E-state index is -4.94. The smallest absolute Gasteiger partial charge is 0.417 e. The number of non-ortho nitro benzene ring substituents is 2. The van der Waals surface area contributed by atoms with Crippen LogP contribution in [-0.2, 0) is 40.8 Å². The fraction of sp³-hybridized carbons (Fsp3) is 0.206. The van der Waals surface area contributed by atoms with Crippen LogP contribution in [-0.4, -0.2) is 52.2 Å². The maximum atomic E-state index is 12.6. The minimum Gasteiger partial charge on any atom is -0.478 e. The number of esters is 2. The molecule has 0 amide bonds. The van der Waals surface area contributed by atoms with Crippen LogP contribution in [0.4, 0.5) is 75.4 Å². The molecular weight excluding hydrogens is 868 g/mol. The normalized spacial score (nSPS) is 11.3. The molecule has 0 aliphatic rings. The van der Waals surface area contributed by atoms with Crippen molar-refractivity contribution < 1.29 is 96.6 Å². The molecule has 0 radical (unpaired) electrons. The molecule has 0 atom stereocenters. The van der Waals surface area contributed by atoms with Gasteiger partial charge in [-0.3, -0.25) is 20.2 Å². The summed E-state index contributed by atoms with van der Waals surface area (Å²) in [6.45, 7) is -0.644. The molecule has 0 unspecified atom stereocenters. The summed E-state index contributed by atoms with van der Waals surface area (Å²) >= 11 is 0. The third kappa shape index (κ3) is 15.2. The number of aliphatic hydroxyl groups excluding tert-OH is 1. The van der Waals surface area contributed by atoms with Crippen LogP contribution in [0.5, 0.6) is 0 Å². The number of hydrogen-bond acceptors (Lipinski definition) is 12. The van der Waals surface area contributed by atoms with Gasteiger partial charge in [0, 0.05) is 35.6 Å². The van der Waals surface area contributed by atoms with Gasteiger partial charge < -0.3 is 31.2 Å². The van der Waals surface area contributed by atoms with Crippen molar-refractivity contribution in [3.8, 4) is 0 Å². The van der Waals surface area contributed by atoms with Crippen molar-refractivity contribution >= 4 is 40.7 Å². The van der Waals surface area contributed by atoms with Gasteiger partial charge in [-0.15, -0.1) is 0 Å². The molecule has 0 heterocycles. The Bertz CT molecular complexity index is 2240. The summed E-state index contributed by atoms with van der Waals surface area (Å²) in [4.78, 5) is 51.2. The molecule has 0 saturated carbocycles. The van der Waals surface area contributed by atoms with Gasteiger partial charge in [0.1, 0.15) is 0 Å². The van der Waals surface area contributed by atoms with Crippen molar-refractivity contribution in [3.05, 3.63) is 138 Å². The Morgan fingerprint density at radius 3 is 1.20 bits per heavy atom. The maximum absolute atomic E-state index is 12.6. The molecule has 6 N–H and O–H groups in total. The molecule has 4 rings (SSSR count). The van der Waals surface area contributed by atoms with Crippen LogP contribution in [0.3, 0.4) is 0 Å². The average Bonchev–Trinajstić information content (AvgIpc) is 3.16. The Morgan fingerprint density at radius 1 is 0.557 bits per heavy atom. The van der Waals surface area contributed by atoms with Gasteiger partial charge in [0.05, 0.1) is 69.6 Å². The van der Waals surface area contributed by atoms with Gasteiger partial charge in [0.15, 0.2) is 0 Å². The molecule has 4 aromatic carbocycles. The van der Waals surface area contributed by atoms with Gasteiger partial charge in [-0.1, -0.05) is 6.07 Å². The van der Waals surface area contributed by atoms with Crippen LogP contribution in [0, 0.1) is 20.2 Å². The van der Waals surface area contributed by atoms with Crippen molar-refractivity contribution in [1.82, 2.24) is 0 Å². The van der Waals surface area contributed by atoms with E-state index in [9.17, 15) is 87.3 Å². The minimum absolute atomic E-state index is 0.0320. The van der Waals surface area contributed by atoms with E-state index in [2.05, 4.69) is 9.47 Å². The van der Waals surface area contributed by atoms with E-state index in [4.69, 9.17) is 21.7 Å². The van der Waals surface area contributed by atoms with Crippen LogP contribution in [0.1, 0.15) is 58.9 Å². The Hall–Kier alpha value is -7.19. The maximum Gasteiger partial charge on any atom is 0.417 e. The molecule has 0 fully saturated rings. The molecule has 27 heteroatoms. The molecule has 0 aliphatic carbocycles. The third-order valence-electron chi connectivity index (χ3n) is 7.04. The number of nitrogen functional groups attached to an aromatic ring is 2. The highest BCUT2D eigenvalue weighted by atomic mass is 19.4. The molecule has 0 bridgehead atoms. The second-order valence-corrected chi connectivity index (χ2v) is 11.1. The quantitative estimate of drug-likeness (QED) is 0.0466. The number of benzene rings is 4. The Morgan fingerprint density at radius 2 is 0.869 bits per heavy atom. The zero-order valence-electron chi connectivity index (χ0n) is 30.3. The number of methoxy groups -OCH3 is 2. The molecule has 0 spiro atoms. The van der Waals surface area contributed by atoms with E-state index in [0.717, 1.165) is 38.5 Å². The number of ether oxygens (including phenoxy) is 2. The Labute approximate surface area is 332 Å². The van der Waals surface area contributed by atoms with E-state index >= 15 is 0 Å². The monoisotopic (exact) mass is 894 g/mol. The molecule has 15 nitrogen and oxygen atoms in total. The highest BCUT2D eigenvalue weighted by Crippen LogP contribution is 2.37. The summed E-state index contributed by atoms with van der Waals surface area (Å²) in [6.07, 6.45) is -18.9. The number of carbonyl (C=O) groups excluding carboxylic acids is 2. The van der Waals surface area contributed by atoms with E-state index in [1.165, 1.54) is 12.1 Å². The highest BCUT2D eigenvalue weighted by Gasteiger charge is 2.39. The van der Waals surface area contributed by atoms with Crippen molar-refractivity contribution in [2.45, 2.75) is 31.3 Å². The van der Waals surface area contributed by atoms with E-state index in [1.54, 1.807) is 0 Å². The van der Waals surface area contributed by atoms with Crippen LogP contribution >= 0.6 is 0 Å². The number of carbonyl (C=O) groups is 3. The summed E-state index contributed by atoms with van der Waals surface area (Å²) in [5.74, 6) is -4.03. The molecule has 0 saturated heterocycles. The average molecular weight is 895 g/mol. The number of aliphatic hydroxyl groups is 1. The lowest BCUT2D eigenvalue weighted by molar-refractivity contribution is -0.385. The van der Waals surface area contributed by atoms with Crippen LogP contribution < -0.4 is 11.5 Å². The van der Waals surface area contributed by atoms with Crippen LogP contribution in [0.15, 0.2) is 72.8 Å². The largest absolute Gasteiger partial charge is 0.478 e. The lowest BCUT2D eigenvalue weighted by Crippen LogP contribution is -2.14. The standard InChI is InChI=1S/C9H6F3NO4.C9H8F3NO2.C8H4F3NO4.C8H8F3NO/c1-17-8(14)6-3-2-5(13(15)16)4-7(6)9(10,11)12;1-15-8(14)6-3-2-5(13)4-7(6)9(10,11)12;9-8(10,11)6-3-4(12(15)16)1-2-5(6)7(13)14;9-8(10,11)7-3-6(12)2-1-5(7)4-13/h2-4H,1H3;2-4H,13H2,1H3;1-3H,(H,13,14);1-3,13H,4,12H2. The number of nitrogens with two attached hydrogens (primary N) is 2. The summed E-state index contributed by atoms with van der Waals surface area (Å²) in [6, 6.07) is 9.48. The van der Waals surface area contributed by atoms with Crippen molar-refractivity contribution in [3.63, 3.8) is 0 Å². The number of alkyl halides is 12. The number of nitrogens with zero attached hydrogens (tertiary/aromatic N) is 2. The molecular formula is C34H26F12N4O11. The molecule has 0 aliphatic heterocycles. The second kappa shape index (κ2) is 20.7. The lowest BCUT2D eigenvalue weighted by Gasteiger charge is -2.11. The number of aromatic carboxylic acids is 1. The first-order chi connectivity index (χ1) is 27.8. The van der Waals surface area contributed by atoms with Crippen LogP contribution in [0.25, 0.3) is 0 Å². The topological polar surface area (TPSA) is 248 Å². The zero-order valence-corrected chi connectivity index (χ0v) is 30.3. The van der Waals surface area contributed by atoms with Gasteiger partial charge in [0.2, 0.25) is 0 Å². The van der Waals surface area contributed by atoms with E-state index in [0.29, 0.717) is 30.3 Å². The number of anilines is 2. The number of nitro groups is 2. The number of carboxylic acid groups (broad SMARTS) is 1. The molecule has 4 aromatic rings. The molecule has 0 aromatic heterocycles.